The average molecular weight is 489 g/mol. The largest absolute Gasteiger partial charge is 0.493 e. The normalized spacial score (nSPS) is 19.6. The van der Waals surface area contributed by atoms with Gasteiger partial charge >= 0.3 is 0 Å². The van der Waals surface area contributed by atoms with Crippen LogP contribution in [0, 0.1) is 0 Å². The predicted octanol–water partition coefficient (Wildman–Crippen LogP) is 7.15. The molecule has 2 unspecified atom stereocenters. The zero-order chi connectivity index (χ0) is 21.9. The number of carbonyl (C=O) groups excluding carboxylic acids is 1. The number of benzene rings is 2. The lowest BCUT2D eigenvalue weighted by molar-refractivity contribution is -0.122. The van der Waals surface area contributed by atoms with Crippen LogP contribution in [0.3, 0.4) is 0 Å². The molecular weight excluding hydrogens is 456 g/mol. The van der Waals surface area contributed by atoms with Crippen LogP contribution in [0.15, 0.2) is 48.5 Å². The van der Waals surface area contributed by atoms with Crippen molar-refractivity contribution in [1.29, 1.82) is 0 Å². The highest BCUT2D eigenvalue weighted by atomic mass is 79.9. The van der Waals surface area contributed by atoms with Gasteiger partial charge in [-0.25, -0.2) is 0 Å². The topological polar surface area (TPSA) is 44.8 Å². The van der Waals surface area contributed by atoms with Crippen molar-refractivity contribution >= 4 is 22.2 Å². The van der Waals surface area contributed by atoms with E-state index in [9.17, 15) is 4.79 Å². The molecule has 1 heterocycles. The van der Waals surface area contributed by atoms with Crippen molar-refractivity contribution in [3.8, 4) is 11.5 Å². The second-order valence-electron chi connectivity index (χ2n) is 8.09. The van der Waals surface area contributed by atoms with Crippen molar-refractivity contribution < 1.29 is 19.0 Å². The van der Waals surface area contributed by atoms with Crippen LogP contribution in [0.4, 0.5) is 0 Å². The Balaban J connectivity index is 1.57. The minimum absolute atomic E-state index is 0.377. The molecule has 0 bridgehead atoms. The van der Waals surface area contributed by atoms with E-state index in [-0.39, 0.29) is 0 Å². The molecule has 0 N–H and O–H groups in total. The smallest absolute Gasteiger partial charge is 0.248 e. The fourth-order valence-electron chi connectivity index (χ4n) is 3.87. The molecular formula is C26H33BrO4. The highest BCUT2D eigenvalue weighted by Gasteiger charge is 2.49. The molecule has 4 nitrogen and oxygen atoms in total. The van der Waals surface area contributed by atoms with Crippen molar-refractivity contribution in [2.75, 3.05) is 6.61 Å². The summed E-state index contributed by atoms with van der Waals surface area (Å²) in [6.07, 6.45) is 10.2. The van der Waals surface area contributed by atoms with E-state index in [1.807, 2.05) is 48.5 Å². The van der Waals surface area contributed by atoms with Crippen LogP contribution in [0.25, 0.3) is 0 Å². The first kappa shape index (κ1) is 23.8. The summed E-state index contributed by atoms with van der Waals surface area (Å²) >= 11 is 3.46. The van der Waals surface area contributed by atoms with Gasteiger partial charge in [0.2, 0.25) is 4.51 Å². The molecule has 1 aliphatic rings. The molecule has 5 heteroatoms. The molecule has 0 saturated heterocycles. The number of carbonyl (C=O) groups is 1. The van der Waals surface area contributed by atoms with E-state index in [1.165, 1.54) is 44.9 Å². The molecule has 2 aromatic carbocycles. The van der Waals surface area contributed by atoms with Crippen molar-refractivity contribution in [2.24, 2.45) is 0 Å². The Hall–Kier alpha value is -1.85. The third-order valence-electron chi connectivity index (χ3n) is 5.59. The quantitative estimate of drug-likeness (QED) is 0.161. The lowest BCUT2D eigenvalue weighted by atomic mass is 10.1. The molecule has 2 atom stereocenters. The zero-order valence-corrected chi connectivity index (χ0v) is 19.9. The number of hydrogen-bond donors (Lipinski definition) is 0. The van der Waals surface area contributed by atoms with E-state index in [0.29, 0.717) is 19.0 Å². The first-order chi connectivity index (χ1) is 15.2. The van der Waals surface area contributed by atoms with Crippen LogP contribution < -0.4 is 9.47 Å². The van der Waals surface area contributed by atoms with E-state index in [0.717, 1.165) is 29.6 Å². The van der Waals surface area contributed by atoms with Crippen LogP contribution in [-0.2, 0) is 16.1 Å². The number of alkyl halides is 1. The molecule has 0 spiro atoms. The fourth-order valence-corrected chi connectivity index (χ4v) is 4.41. The van der Waals surface area contributed by atoms with Gasteiger partial charge in [0.05, 0.1) is 18.8 Å². The molecule has 0 amide bonds. The molecule has 2 aromatic rings. The number of fused-ring (bicyclic) bond motifs is 1. The van der Waals surface area contributed by atoms with Crippen LogP contribution in [0.5, 0.6) is 11.5 Å². The average Bonchev–Trinajstić information content (AvgIpc) is 3.09. The van der Waals surface area contributed by atoms with Crippen LogP contribution >= 0.6 is 15.9 Å². The summed E-state index contributed by atoms with van der Waals surface area (Å²) < 4.78 is 17.0. The zero-order valence-electron chi connectivity index (χ0n) is 18.4. The monoisotopic (exact) mass is 488 g/mol. The van der Waals surface area contributed by atoms with Gasteiger partial charge in [0.25, 0.3) is 0 Å². The maximum Gasteiger partial charge on any atom is 0.248 e. The number of hydrogen-bond acceptors (Lipinski definition) is 4. The predicted molar refractivity (Wildman–Crippen MR) is 127 cm³/mol. The summed E-state index contributed by atoms with van der Waals surface area (Å²) in [5.41, 5.74) is 1.83. The van der Waals surface area contributed by atoms with Gasteiger partial charge < -0.3 is 14.2 Å². The van der Waals surface area contributed by atoms with Gasteiger partial charge in [0.15, 0.2) is 6.29 Å². The van der Waals surface area contributed by atoms with Crippen LogP contribution in [-0.4, -0.2) is 17.4 Å². The van der Waals surface area contributed by atoms with Crippen molar-refractivity contribution in [3.05, 3.63) is 59.7 Å². The Morgan fingerprint density at radius 2 is 1.68 bits per heavy atom. The minimum atomic E-state index is -1.25. The summed E-state index contributed by atoms with van der Waals surface area (Å²) in [6, 6.07) is 15.6. The number of ether oxygens (including phenoxy) is 3. The highest BCUT2D eigenvalue weighted by Crippen LogP contribution is 2.51. The van der Waals surface area contributed by atoms with Gasteiger partial charge in [0, 0.05) is 0 Å². The summed E-state index contributed by atoms with van der Waals surface area (Å²) in [5, 5.41) is 0. The molecule has 1 aliphatic heterocycles. The maximum atomic E-state index is 11.9. The van der Waals surface area contributed by atoms with E-state index in [1.54, 1.807) is 0 Å². The molecule has 0 radical (unpaired) electrons. The van der Waals surface area contributed by atoms with E-state index >= 15 is 0 Å². The highest BCUT2D eigenvalue weighted by molar-refractivity contribution is 9.10. The van der Waals surface area contributed by atoms with E-state index < -0.39 is 10.6 Å². The number of rotatable bonds is 14. The lowest BCUT2D eigenvalue weighted by Crippen LogP contribution is -2.34. The van der Waals surface area contributed by atoms with E-state index in [2.05, 4.69) is 22.9 Å². The summed E-state index contributed by atoms with van der Waals surface area (Å²) in [6.45, 7) is 3.27. The van der Waals surface area contributed by atoms with Crippen LogP contribution in [0.1, 0.15) is 75.5 Å². The third kappa shape index (κ3) is 6.56. The first-order valence-electron chi connectivity index (χ1n) is 11.4. The molecule has 0 aromatic heterocycles. The fraction of sp³-hybridized carbons (Fsp3) is 0.500. The maximum absolute atomic E-state index is 11.9. The van der Waals surface area contributed by atoms with Crippen LogP contribution in [0.2, 0.25) is 0 Å². The molecule has 3 rings (SSSR count). The number of unbranched alkanes of at least 4 members (excludes halogenated alkanes) is 7. The number of halogens is 1. The Morgan fingerprint density at radius 3 is 2.39 bits per heavy atom. The van der Waals surface area contributed by atoms with Gasteiger partial charge in [-0.05, 0) is 40.0 Å². The van der Waals surface area contributed by atoms with Gasteiger partial charge in [-0.1, -0.05) is 88.3 Å². The molecule has 0 saturated carbocycles. The summed E-state index contributed by atoms with van der Waals surface area (Å²) in [5.74, 6) is 1.34. The van der Waals surface area contributed by atoms with E-state index in [4.69, 9.17) is 14.2 Å². The summed E-state index contributed by atoms with van der Waals surface area (Å²) in [4.78, 5) is 11.9. The Morgan fingerprint density at radius 1 is 0.968 bits per heavy atom. The van der Waals surface area contributed by atoms with Crippen molar-refractivity contribution in [1.82, 2.24) is 0 Å². The molecule has 0 fully saturated rings. The Kier molecular flexibility index (Phi) is 9.41. The second-order valence-corrected chi connectivity index (χ2v) is 9.33. The SMILES string of the molecule is CCCCCCCCCCOc1cccc2c1C(OCc1ccccc1)C(Br)(C=O)O2. The minimum Gasteiger partial charge on any atom is -0.493 e. The van der Waals surface area contributed by atoms with Gasteiger partial charge in [-0.3, -0.25) is 4.79 Å². The Bertz CT molecular complexity index is 810. The Labute approximate surface area is 194 Å². The van der Waals surface area contributed by atoms with Crippen molar-refractivity contribution in [3.63, 3.8) is 0 Å². The third-order valence-corrected chi connectivity index (χ3v) is 6.35. The molecule has 168 valence electrons. The molecule has 0 aliphatic carbocycles. The lowest BCUT2D eigenvalue weighted by Gasteiger charge is -2.23. The summed E-state index contributed by atoms with van der Waals surface area (Å²) in [7, 11) is 0. The first-order valence-corrected chi connectivity index (χ1v) is 12.2. The van der Waals surface area contributed by atoms with Crippen molar-refractivity contribution in [2.45, 2.75) is 75.5 Å². The second kappa shape index (κ2) is 12.3. The molecule has 31 heavy (non-hydrogen) atoms. The standard InChI is InChI=1S/C26H33BrO4/c1-2-3-4-5-6-7-8-12-18-29-22-16-13-17-23-24(22)25(26(27,20-28)31-23)30-19-21-14-10-9-11-15-21/h9-11,13-17,20,25H,2-8,12,18-19H2,1H3. The van der Waals surface area contributed by atoms with Gasteiger partial charge in [0.1, 0.15) is 17.6 Å². The van der Waals surface area contributed by atoms with Gasteiger partial charge in [-0.15, -0.1) is 0 Å². The van der Waals surface area contributed by atoms with Gasteiger partial charge in [-0.2, -0.15) is 0 Å². The number of aldehydes is 1.